The van der Waals surface area contributed by atoms with Crippen molar-refractivity contribution in [1.29, 1.82) is 0 Å². The van der Waals surface area contributed by atoms with E-state index >= 15 is 0 Å². The van der Waals surface area contributed by atoms with Gasteiger partial charge in [-0.3, -0.25) is 0 Å². The average molecular weight is 245 g/mol. The van der Waals surface area contributed by atoms with E-state index in [2.05, 4.69) is 0 Å². The summed E-state index contributed by atoms with van der Waals surface area (Å²) in [4.78, 5) is 0.529. The van der Waals surface area contributed by atoms with Crippen LogP contribution in [0.3, 0.4) is 0 Å². The van der Waals surface area contributed by atoms with Crippen LogP contribution in [0.5, 0.6) is 0 Å². The van der Waals surface area contributed by atoms with Gasteiger partial charge in [-0.05, 0) is 37.1 Å². The summed E-state index contributed by atoms with van der Waals surface area (Å²) in [5.41, 5.74) is 0. The molecule has 5 heteroatoms. The number of hydrogen-bond donors (Lipinski definition) is 0. The SMILES string of the molecule is [O-][S+](c1ccc(F)cc1)N1CCC[C@@H]1CF. The monoisotopic (exact) mass is 245 g/mol. The molecule has 0 bridgehead atoms. The number of alkyl halides is 1. The predicted octanol–water partition coefficient (Wildman–Crippen LogP) is 2.28. The fourth-order valence-electron chi connectivity index (χ4n) is 1.87. The first-order valence-electron chi connectivity index (χ1n) is 5.22. The second-order valence-corrected chi connectivity index (χ2v) is 5.23. The highest BCUT2D eigenvalue weighted by atomic mass is 32.2. The first kappa shape index (κ1) is 11.8. The Labute approximate surface area is 96.6 Å². The molecule has 0 radical (unpaired) electrons. The van der Waals surface area contributed by atoms with Crippen LogP contribution in [0.4, 0.5) is 8.78 Å². The number of halogens is 2. The summed E-state index contributed by atoms with van der Waals surface area (Å²) >= 11 is -1.37. The minimum absolute atomic E-state index is 0.258. The molecule has 0 aliphatic carbocycles. The Morgan fingerprint density at radius 2 is 2.06 bits per heavy atom. The van der Waals surface area contributed by atoms with Gasteiger partial charge < -0.3 is 4.55 Å². The topological polar surface area (TPSA) is 26.3 Å². The van der Waals surface area contributed by atoms with Crippen molar-refractivity contribution in [2.75, 3.05) is 13.2 Å². The average Bonchev–Trinajstić information content (AvgIpc) is 2.77. The van der Waals surface area contributed by atoms with Crippen LogP contribution in [-0.4, -0.2) is 28.1 Å². The molecular weight excluding hydrogens is 232 g/mol. The molecule has 0 aromatic heterocycles. The maximum absolute atomic E-state index is 12.7. The van der Waals surface area contributed by atoms with Crippen molar-refractivity contribution in [1.82, 2.24) is 4.31 Å². The third-order valence-corrected chi connectivity index (χ3v) is 4.31. The Hall–Kier alpha value is -0.650. The van der Waals surface area contributed by atoms with E-state index in [0.717, 1.165) is 12.8 Å². The van der Waals surface area contributed by atoms with Gasteiger partial charge in [0, 0.05) is 6.54 Å². The fraction of sp³-hybridized carbons (Fsp3) is 0.455. The minimum atomic E-state index is -1.37. The summed E-state index contributed by atoms with van der Waals surface area (Å²) in [7, 11) is 0. The molecule has 0 amide bonds. The Kier molecular flexibility index (Phi) is 3.78. The normalized spacial score (nSPS) is 23.6. The third-order valence-electron chi connectivity index (χ3n) is 2.73. The van der Waals surface area contributed by atoms with Crippen molar-refractivity contribution < 1.29 is 13.3 Å². The van der Waals surface area contributed by atoms with Gasteiger partial charge in [-0.25, -0.2) is 8.78 Å². The molecule has 1 aliphatic rings. The summed E-state index contributed by atoms with van der Waals surface area (Å²) < 4.78 is 39.1. The molecule has 1 aliphatic heterocycles. The second-order valence-electron chi connectivity index (χ2n) is 3.79. The Bertz CT molecular complexity index is 346. The van der Waals surface area contributed by atoms with Gasteiger partial charge in [-0.2, -0.15) is 0 Å². The molecule has 16 heavy (non-hydrogen) atoms. The summed E-state index contributed by atoms with van der Waals surface area (Å²) in [5.74, 6) is -0.357. The van der Waals surface area contributed by atoms with E-state index in [1.807, 2.05) is 0 Å². The quantitative estimate of drug-likeness (QED) is 0.764. The molecule has 1 unspecified atom stereocenters. The molecule has 2 atom stereocenters. The van der Waals surface area contributed by atoms with Gasteiger partial charge in [0.25, 0.3) is 0 Å². The smallest absolute Gasteiger partial charge is 0.174 e. The van der Waals surface area contributed by atoms with Crippen LogP contribution < -0.4 is 0 Å². The molecular formula is C11H13F2NOS. The predicted molar refractivity (Wildman–Crippen MR) is 58.5 cm³/mol. The van der Waals surface area contributed by atoms with Crippen molar-refractivity contribution in [2.45, 2.75) is 23.8 Å². The Balaban J connectivity index is 2.12. The van der Waals surface area contributed by atoms with Gasteiger partial charge in [-0.1, -0.05) is 0 Å². The Morgan fingerprint density at radius 1 is 1.38 bits per heavy atom. The standard InChI is InChI=1S/C11H13F2NOS/c12-8-10-2-1-7-14(10)16(15)11-5-3-9(13)4-6-11/h3-6,10H,1-2,7-8H2/t10-,16?/m1/s1. The summed E-state index contributed by atoms with van der Waals surface area (Å²) in [6.07, 6.45) is 1.60. The molecule has 1 aromatic rings. The van der Waals surface area contributed by atoms with Gasteiger partial charge >= 0.3 is 0 Å². The highest BCUT2D eigenvalue weighted by molar-refractivity contribution is 7.89. The minimum Gasteiger partial charge on any atom is -0.593 e. The van der Waals surface area contributed by atoms with Crippen molar-refractivity contribution >= 4 is 11.4 Å². The Morgan fingerprint density at radius 3 is 2.69 bits per heavy atom. The summed E-state index contributed by atoms with van der Waals surface area (Å²) in [5, 5.41) is 0. The third kappa shape index (κ3) is 2.36. The fourth-order valence-corrected chi connectivity index (χ4v) is 3.24. The first-order chi connectivity index (χ1) is 7.72. The van der Waals surface area contributed by atoms with E-state index in [9.17, 15) is 13.3 Å². The van der Waals surface area contributed by atoms with E-state index < -0.39 is 18.0 Å². The molecule has 88 valence electrons. The number of hydrogen-bond acceptors (Lipinski definition) is 2. The largest absolute Gasteiger partial charge is 0.593 e. The molecule has 0 saturated carbocycles. The maximum Gasteiger partial charge on any atom is 0.174 e. The van der Waals surface area contributed by atoms with Crippen molar-refractivity contribution in [3.63, 3.8) is 0 Å². The summed E-state index contributed by atoms with van der Waals surface area (Å²) in [6, 6.07) is 5.26. The van der Waals surface area contributed by atoms with Crippen LogP contribution in [-0.2, 0) is 11.4 Å². The molecule has 1 saturated heterocycles. The molecule has 2 nitrogen and oxygen atoms in total. The van der Waals surface area contributed by atoms with E-state index in [0.29, 0.717) is 11.4 Å². The lowest BCUT2D eigenvalue weighted by Crippen LogP contribution is -2.36. The molecule has 1 aromatic carbocycles. The van der Waals surface area contributed by atoms with E-state index in [4.69, 9.17) is 0 Å². The summed E-state index contributed by atoms with van der Waals surface area (Å²) in [6.45, 7) is 0.158. The van der Waals surface area contributed by atoms with Crippen molar-refractivity contribution in [2.24, 2.45) is 0 Å². The van der Waals surface area contributed by atoms with Crippen LogP contribution in [0.2, 0.25) is 0 Å². The lowest BCUT2D eigenvalue weighted by atomic mass is 10.2. The van der Waals surface area contributed by atoms with E-state index in [-0.39, 0.29) is 11.9 Å². The zero-order valence-corrected chi connectivity index (χ0v) is 9.55. The number of benzene rings is 1. The highest BCUT2D eigenvalue weighted by Crippen LogP contribution is 2.26. The molecule has 0 N–H and O–H groups in total. The number of nitrogens with zero attached hydrogens (tertiary/aromatic N) is 1. The molecule has 1 heterocycles. The molecule has 2 rings (SSSR count). The molecule has 0 spiro atoms. The number of rotatable bonds is 3. The van der Waals surface area contributed by atoms with Gasteiger partial charge in [0.15, 0.2) is 4.90 Å². The van der Waals surface area contributed by atoms with Gasteiger partial charge in [-0.15, -0.1) is 4.31 Å². The van der Waals surface area contributed by atoms with Crippen molar-refractivity contribution in [3.8, 4) is 0 Å². The van der Waals surface area contributed by atoms with Crippen LogP contribution in [0.25, 0.3) is 0 Å². The second kappa shape index (κ2) is 5.12. The first-order valence-corrected chi connectivity index (χ1v) is 6.33. The van der Waals surface area contributed by atoms with E-state index in [1.54, 1.807) is 4.31 Å². The van der Waals surface area contributed by atoms with Crippen LogP contribution in [0.1, 0.15) is 12.8 Å². The zero-order valence-electron chi connectivity index (χ0n) is 8.73. The van der Waals surface area contributed by atoms with Crippen LogP contribution >= 0.6 is 0 Å². The van der Waals surface area contributed by atoms with Crippen LogP contribution in [0, 0.1) is 5.82 Å². The van der Waals surface area contributed by atoms with Crippen molar-refractivity contribution in [3.05, 3.63) is 30.1 Å². The highest BCUT2D eigenvalue weighted by Gasteiger charge is 2.34. The van der Waals surface area contributed by atoms with Gasteiger partial charge in [0.05, 0.1) is 17.4 Å². The van der Waals surface area contributed by atoms with Gasteiger partial charge in [0.2, 0.25) is 0 Å². The van der Waals surface area contributed by atoms with Gasteiger partial charge in [0.1, 0.15) is 12.5 Å². The lowest BCUT2D eigenvalue weighted by Gasteiger charge is -2.23. The molecule has 1 fully saturated rings. The van der Waals surface area contributed by atoms with Crippen LogP contribution in [0.15, 0.2) is 29.2 Å². The zero-order chi connectivity index (χ0) is 11.5. The maximum atomic E-state index is 12.7. The lowest BCUT2D eigenvalue weighted by molar-refractivity contribution is 0.311. The van der Waals surface area contributed by atoms with E-state index in [1.165, 1.54) is 24.3 Å².